The number of halogens is 3. The zero-order chi connectivity index (χ0) is 18.2. The van der Waals surface area contributed by atoms with Crippen LogP contribution in [0.4, 0.5) is 24.5 Å². The third kappa shape index (κ3) is 2.80. The molecule has 0 aliphatic carbocycles. The first-order valence-corrected chi connectivity index (χ1v) is 7.66. The normalized spacial score (nSPS) is 15.8. The number of nitriles is 1. The van der Waals surface area contributed by atoms with Crippen LogP contribution in [0.3, 0.4) is 0 Å². The fourth-order valence-electron chi connectivity index (χ4n) is 2.94. The van der Waals surface area contributed by atoms with Gasteiger partial charge in [0.15, 0.2) is 0 Å². The summed E-state index contributed by atoms with van der Waals surface area (Å²) in [7, 11) is 1.82. The summed E-state index contributed by atoms with van der Waals surface area (Å²) in [5, 5.41) is 9.66. The molecule has 1 aromatic carbocycles. The molecule has 4 nitrogen and oxygen atoms in total. The third-order valence-corrected chi connectivity index (χ3v) is 4.11. The van der Waals surface area contributed by atoms with Gasteiger partial charge < -0.3 is 9.80 Å². The number of benzene rings is 1. The van der Waals surface area contributed by atoms with Gasteiger partial charge in [-0.15, -0.1) is 0 Å². The lowest BCUT2D eigenvalue weighted by atomic mass is 10.1. The first-order chi connectivity index (χ1) is 11.9. The Balaban J connectivity index is 2.12. The smallest absolute Gasteiger partial charge is 0.328 e. The standard InChI is InChI=1S/C18H15F3N4/c1-3-25-16-7-5-4-6-15(16)24(2)17(25)13(10-22)14-9-8-12(11-23-14)18(19,20)21/h4-9,11H,3H2,1-2H3/b17-13-. The summed E-state index contributed by atoms with van der Waals surface area (Å²) in [6.07, 6.45) is -3.70. The number of fused-ring (bicyclic) bond motifs is 1. The highest BCUT2D eigenvalue weighted by atomic mass is 19.4. The molecule has 25 heavy (non-hydrogen) atoms. The first-order valence-electron chi connectivity index (χ1n) is 7.66. The molecule has 0 atom stereocenters. The molecule has 2 heterocycles. The van der Waals surface area contributed by atoms with Crippen molar-refractivity contribution in [1.82, 2.24) is 4.98 Å². The second-order valence-corrected chi connectivity index (χ2v) is 5.53. The topological polar surface area (TPSA) is 43.2 Å². The Bertz CT molecular complexity index is 863. The van der Waals surface area contributed by atoms with Gasteiger partial charge >= 0.3 is 6.18 Å². The number of rotatable bonds is 2. The van der Waals surface area contributed by atoms with Crippen LogP contribution in [0.15, 0.2) is 48.4 Å². The number of hydrogen-bond donors (Lipinski definition) is 0. The molecule has 0 amide bonds. The Morgan fingerprint density at radius 1 is 1.16 bits per heavy atom. The highest BCUT2D eigenvalue weighted by Gasteiger charge is 2.33. The van der Waals surface area contributed by atoms with Crippen LogP contribution in [0.1, 0.15) is 18.2 Å². The Kier molecular flexibility index (Phi) is 4.13. The van der Waals surface area contributed by atoms with Gasteiger partial charge in [-0.3, -0.25) is 4.98 Å². The predicted octanol–water partition coefficient (Wildman–Crippen LogP) is 4.27. The van der Waals surface area contributed by atoms with Crippen LogP contribution < -0.4 is 9.80 Å². The van der Waals surface area contributed by atoms with Gasteiger partial charge in [0, 0.05) is 19.8 Å². The van der Waals surface area contributed by atoms with Gasteiger partial charge in [-0.05, 0) is 31.2 Å². The van der Waals surface area contributed by atoms with Crippen molar-refractivity contribution in [3.05, 3.63) is 59.7 Å². The van der Waals surface area contributed by atoms with E-state index in [0.29, 0.717) is 12.4 Å². The van der Waals surface area contributed by atoms with Crippen LogP contribution in [0, 0.1) is 11.3 Å². The molecule has 1 aliphatic heterocycles. The Labute approximate surface area is 143 Å². The summed E-state index contributed by atoms with van der Waals surface area (Å²) < 4.78 is 38.2. The predicted molar refractivity (Wildman–Crippen MR) is 89.6 cm³/mol. The highest BCUT2D eigenvalue weighted by Crippen LogP contribution is 2.42. The van der Waals surface area contributed by atoms with Crippen LogP contribution in [-0.4, -0.2) is 18.6 Å². The van der Waals surface area contributed by atoms with Crippen molar-refractivity contribution in [2.75, 3.05) is 23.4 Å². The van der Waals surface area contributed by atoms with Crippen LogP contribution in [-0.2, 0) is 6.18 Å². The summed E-state index contributed by atoms with van der Waals surface area (Å²) in [6, 6.07) is 12.0. The minimum absolute atomic E-state index is 0.212. The van der Waals surface area contributed by atoms with Crippen molar-refractivity contribution in [3.8, 4) is 6.07 Å². The molecule has 0 N–H and O–H groups in total. The molecule has 1 aromatic heterocycles. The van der Waals surface area contributed by atoms with E-state index in [2.05, 4.69) is 11.1 Å². The summed E-state index contributed by atoms with van der Waals surface area (Å²) in [5.74, 6) is 0.610. The zero-order valence-corrected chi connectivity index (χ0v) is 13.7. The lowest BCUT2D eigenvalue weighted by Crippen LogP contribution is -2.27. The third-order valence-electron chi connectivity index (χ3n) is 4.11. The van der Waals surface area contributed by atoms with Crippen molar-refractivity contribution >= 4 is 16.9 Å². The lowest BCUT2D eigenvalue weighted by Gasteiger charge is -2.23. The molecular formula is C18H15F3N4. The van der Waals surface area contributed by atoms with Crippen LogP contribution >= 0.6 is 0 Å². The number of nitrogens with zero attached hydrogens (tertiary/aromatic N) is 4. The van der Waals surface area contributed by atoms with Gasteiger partial charge in [-0.25, -0.2) is 0 Å². The van der Waals surface area contributed by atoms with Crippen molar-refractivity contribution in [1.29, 1.82) is 5.26 Å². The van der Waals surface area contributed by atoms with E-state index in [0.717, 1.165) is 23.6 Å². The molecule has 3 rings (SSSR count). The van der Waals surface area contributed by atoms with Gasteiger partial charge in [0.1, 0.15) is 17.5 Å². The fraction of sp³-hybridized carbons (Fsp3) is 0.222. The van der Waals surface area contributed by atoms with Crippen LogP contribution in [0.2, 0.25) is 0 Å². The second kappa shape index (κ2) is 6.13. The van der Waals surface area contributed by atoms with E-state index in [1.807, 2.05) is 48.0 Å². The summed E-state index contributed by atoms with van der Waals surface area (Å²) in [5.41, 5.74) is 1.48. The maximum atomic E-state index is 12.7. The lowest BCUT2D eigenvalue weighted by molar-refractivity contribution is -0.137. The Morgan fingerprint density at radius 3 is 2.36 bits per heavy atom. The van der Waals surface area contributed by atoms with Gasteiger partial charge in [0.25, 0.3) is 0 Å². The SMILES string of the molecule is CCN1/C(=C(/C#N)c2ccc(C(F)(F)F)cn2)N(C)c2ccccc21. The molecule has 0 fully saturated rings. The molecular weight excluding hydrogens is 329 g/mol. The van der Waals surface area contributed by atoms with Crippen molar-refractivity contribution in [2.45, 2.75) is 13.1 Å². The van der Waals surface area contributed by atoms with Crippen LogP contribution in [0.5, 0.6) is 0 Å². The van der Waals surface area contributed by atoms with E-state index in [9.17, 15) is 18.4 Å². The average molecular weight is 344 g/mol. The van der Waals surface area contributed by atoms with Gasteiger partial charge in [-0.2, -0.15) is 18.4 Å². The van der Waals surface area contributed by atoms with E-state index in [-0.39, 0.29) is 11.3 Å². The van der Waals surface area contributed by atoms with Gasteiger partial charge in [-0.1, -0.05) is 12.1 Å². The molecule has 1 aliphatic rings. The van der Waals surface area contributed by atoms with Gasteiger partial charge in [0.2, 0.25) is 0 Å². The summed E-state index contributed by atoms with van der Waals surface area (Å²) in [4.78, 5) is 7.68. The van der Waals surface area contributed by atoms with E-state index in [1.54, 1.807) is 0 Å². The van der Waals surface area contributed by atoms with E-state index < -0.39 is 11.7 Å². The molecule has 0 saturated carbocycles. The number of pyridine rings is 1. The summed E-state index contributed by atoms with van der Waals surface area (Å²) in [6.45, 7) is 2.56. The van der Waals surface area contributed by atoms with E-state index in [1.165, 1.54) is 6.07 Å². The average Bonchev–Trinajstić information content (AvgIpc) is 2.88. The minimum atomic E-state index is -4.46. The van der Waals surface area contributed by atoms with Crippen molar-refractivity contribution < 1.29 is 13.2 Å². The molecule has 0 saturated heterocycles. The van der Waals surface area contributed by atoms with Crippen molar-refractivity contribution in [3.63, 3.8) is 0 Å². The van der Waals surface area contributed by atoms with Crippen LogP contribution in [0.25, 0.3) is 5.57 Å². The monoisotopic (exact) mass is 344 g/mol. The maximum absolute atomic E-state index is 12.7. The number of anilines is 2. The number of alkyl halides is 3. The maximum Gasteiger partial charge on any atom is 0.417 e. The molecule has 0 radical (unpaired) electrons. The molecule has 2 aromatic rings. The quantitative estimate of drug-likeness (QED) is 0.763. The second-order valence-electron chi connectivity index (χ2n) is 5.53. The number of allylic oxidation sites excluding steroid dienone is 1. The number of para-hydroxylation sites is 2. The highest BCUT2D eigenvalue weighted by molar-refractivity contribution is 5.91. The Hall–Kier alpha value is -3.01. The largest absolute Gasteiger partial charge is 0.417 e. The van der Waals surface area contributed by atoms with E-state index >= 15 is 0 Å². The summed E-state index contributed by atoms with van der Waals surface area (Å²) >= 11 is 0. The fourth-order valence-corrected chi connectivity index (χ4v) is 2.94. The molecule has 128 valence electrons. The zero-order valence-electron chi connectivity index (χ0n) is 13.7. The molecule has 0 spiro atoms. The molecule has 0 unspecified atom stereocenters. The molecule has 7 heteroatoms. The first kappa shape index (κ1) is 16.8. The minimum Gasteiger partial charge on any atom is -0.328 e. The van der Waals surface area contributed by atoms with Crippen molar-refractivity contribution in [2.24, 2.45) is 0 Å². The van der Waals surface area contributed by atoms with Gasteiger partial charge in [0.05, 0.1) is 22.6 Å². The Morgan fingerprint density at radius 2 is 1.84 bits per heavy atom. The molecule has 0 bridgehead atoms. The number of hydrogen-bond acceptors (Lipinski definition) is 4. The van der Waals surface area contributed by atoms with E-state index in [4.69, 9.17) is 0 Å². The number of aromatic nitrogens is 1.